The van der Waals surface area contributed by atoms with Gasteiger partial charge in [0.1, 0.15) is 0 Å². The monoisotopic (exact) mass is 320 g/mol. The third-order valence-corrected chi connectivity index (χ3v) is 4.40. The average Bonchev–Trinajstić information content (AvgIpc) is 3.07. The molecule has 126 valence electrons. The van der Waals surface area contributed by atoms with Crippen LogP contribution in [-0.4, -0.2) is 41.6 Å². The van der Waals surface area contributed by atoms with Gasteiger partial charge < -0.3 is 15.4 Å². The molecular weight excluding hydrogens is 296 g/mol. The van der Waals surface area contributed by atoms with E-state index in [1.54, 1.807) is 6.07 Å². The molecule has 2 amide bonds. The van der Waals surface area contributed by atoms with Crippen molar-refractivity contribution < 1.29 is 9.53 Å². The summed E-state index contributed by atoms with van der Waals surface area (Å²) in [6.45, 7) is 2.08. The minimum atomic E-state index is -0.230. The molecule has 0 spiro atoms. The van der Waals surface area contributed by atoms with Gasteiger partial charge >= 0.3 is 6.03 Å². The van der Waals surface area contributed by atoms with Crippen LogP contribution in [0, 0.1) is 0 Å². The molecule has 1 saturated heterocycles. The van der Waals surface area contributed by atoms with Gasteiger partial charge in [-0.3, -0.25) is 4.79 Å². The molecule has 0 aromatic carbocycles. The van der Waals surface area contributed by atoms with E-state index in [-0.39, 0.29) is 17.7 Å². The van der Waals surface area contributed by atoms with E-state index >= 15 is 0 Å². The van der Waals surface area contributed by atoms with Gasteiger partial charge in [-0.05, 0) is 44.1 Å². The molecule has 7 nitrogen and oxygen atoms in total. The summed E-state index contributed by atoms with van der Waals surface area (Å²) in [6, 6.07) is 1.46. The maximum Gasteiger partial charge on any atom is 0.314 e. The van der Waals surface area contributed by atoms with Crippen molar-refractivity contribution in [1.82, 2.24) is 20.4 Å². The number of aromatic nitrogens is 2. The standard InChI is InChI=1S/C16H24N4O3/c21-15-10-12-4-1-2-6-14(12)19-20(15)8-7-17-16(22)18-11-13-5-3-9-23-13/h10,13H,1-9,11H2,(H2,17,18,22). The summed E-state index contributed by atoms with van der Waals surface area (Å²) in [5, 5.41) is 9.98. The number of ether oxygens (including phenoxy) is 1. The highest BCUT2D eigenvalue weighted by Gasteiger charge is 2.16. The summed E-state index contributed by atoms with van der Waals surface area (Å²) in [4.78, 5) is 23.7. The third kappa shape index (κ3) is 4.31. The molecule has 3 rings (SSSR count). The fraction of sp³-hybridized carbons (Fsp3) is 0.688. The van der Waals surface area contributed by atoms with Crippen molar-refractivity contribution in [2.45, 2.75) is 51.2 Å². The number of aryl methyl sites for hydroxylation is 2. The molecule has 1 aromatic heterocycles. The Morgan fingerprint density at radius 1 is 1.30 bits per heavy atom. The fourth-order valence-electron chi connectivity index (χ4n) is 3.11. The lowest BCUT2D eigenvalue weighted by atomic mass is 9.97. The van der Waals surface area contributed by atoms with E-state index in [0.29, 0.717) is 19.6 Å². The number of hydrogen-bond donors (Lipinski definition) is 2. The zero-order valence-corrected chi connectivity index (χ0v) is 13.3. The molecule has 1 atom stereocenters. The molecule has 1 aromatic rings. The fourth-order valence-corrected chi connectivity index (χ4v) is 3.11. The van der Waals surface area contributed by atoms with E-state index in [1.807, 2.05) is 0 Å². The highest BCUT2D eigenvalue weighted by molar-refractivity contribution is 5.73. The van der Waals surface area contributed by atoms with Crippen molar-refractivity contribution >= 4 is 6.03 Å². The Balaban J connectivity index is 1.44. The summed E-state index contributed by atoms with van der Waals surface area (Å²) in [5.74, 6) is 0. The molecule has 0 radical (unpaired) electrons. The third-order valence-electron chi connectivity index (χ3n) is 4.40. The van der Waals surface area contributed by atoms with Gasteiger partial charge in [-0.2, -0.15) is 5.10 Å². The van der Waals surface area contributed by atoms with E-state index in [4.69, 9.17) is 4.74 Å². The second-order valence-corrected chi connectivity index (χ2v) is 6.16. The maximum absolute atomic E-state index is 12.0. The van der Waals surface area contributed by atoms with Gasteiger partial charge in [-0.15, -0.1) is 0 Å². The van der Waals surface area contributed by atoms with Gasteiger partial charge in [-0.1, -0.05) is 0 Å². The minimum Gasteiger partial charge on any atom is -0.376 e. The van der Waals surface area contributed by atoms with E-state index < -0.39 is 0 Å². The molecular formula is C16H24N4O3. The molecule has 2 aliphatic rings. The number of nitrogens with one attached hydrogen (secondary N) is 2. The normalized spacial score (nSPS) is 20.1. The summed E-state index contributed by atoms with van der Waals surface area (Å²) in [7, 11) is 0. The largest absolute Gasteiger partial charge is 0.376 e. The first kappa shape index (κ1) is 16.0. The Kier molecular flexibility index (Phi) is 5.27. The van der Waals surface area contributed by atoms with Crippen LogP contribution in [0.5, 0.6) is 0 Å². The van der Waals surface area contributed by atoms with Crippen LogP contribution >= 0.6 is 0 Å². The van der Waals surface area contributed by atoms with Crippen molar-refractivity contribution in [2.24, 2.45) is 0 Å². The lowest BCUT2D eigenvalue weighted by Gasteiger charge is -2.16. The van der Waals surface area contributed by atoms with E-state index in [0.717, 1.165) is 56.4 Å². The highest BCUT2D eigenvalue weighted by atomic mass is 16.5. The lowest BCUT2D eigenvalue weighted by Crippen LogP contribution is -2.41. The van der Waals surface area contributed by atoms with Crippen LogP contribution in [0.2, 0.25) is 0 Å². The molecule has 1 aliphatic heterocycles. The van der Waals surface area contributed by atoms with Gasteiger partial charge in [0, 0.05) is 25.8 Å². The van der Waals surface area contributed by atoms with Crippen LogP contribution in [0.1, 0.15) is 36.9 Å². The molecule has 23 heavy (non-hydrogen) atoms. The van der Waals surface area contributed by atoms with Gasteiger partial charge in [0.05, 0.1) is 18.3 Å². The number of rotatable bonds is 5. The van der Waals surface area contributed by atoms with Crippen LogP contribution in [0.15, 0.2) is 10.9 Å². The Bertz CT molecular complexity index is 608. The number of nitrogens with zero attached hydrogens (tertiary/aromatic N) is 2. The van der Waals surface area contributed by atoms with Crippen molar-refractivity contribution in [2.75, 3.05) is 19.7 Å². The Labute approximate surface area is 135 Å². The lowest BCUT2D eigenvalue weighted by molar-refractivity contribution is 0.111. The van der Waals surface area contributed by atoms with E-state index in [2.05, 4.69) is 15.7 Å². The van der Waals surface area contributed by atoms with Crippen molar-refractivity contribution in [3.05, 3.63) is 27.7 Å². The predicted octanol–water partition coefficient (Wildman–Crippen LogP) is 0.600. The summed E-state index contributed by atoms with van der Waals surface area (Å²) >= 11 is 0. The van der Waals surface area contributed by atoms with E-state index in [9.17, 15) is 9.59 Å². The Morgan fingerprint density at radius 3 is 3.00 bits per heavy atom. The molecule has 7 heteroatoms. The molecule has 2 N–H and O–H groups in total. The number of amides is 2. The second kappa shape index (κ2) is 7.59. The van der Waals surface area contributed by atoms with Crippen LogP contribution in [0.4, 0.5) is 4.79 Å². The summed E-state index contributed by atoms with van der Waals surface area (Å²) in [6.07, 6.45) is 6.32. The van der Waals surface area contributed by atoms with Crippen LogP contribution in [-0.2, 0) is 24.1 Å². The zero-order valence-electron chi connectivity index (χ0n) is 13.3. The van der Waals surface area contributed by atoms with Gasteiger partial charge in [-0.25, -0.2) is 9.48 Å². The van der Waals surface area contributed by atoms with E-state index in [1.165, 1.54) is 4.68 Å². The molecule has 1 aliphatic carbocycles. The number of hydrogen-bond acceptors (Lipinski definition) is 4. The quantitative estimate of drug-likeness (QED) is 0.832. The summed E-state index contributed by atoms with van der Waals surface area (Å²) < 4.78 is 6.90. The van der Waals surface area contributed by atoms with Gasteiger partial charge in [0.25, 0.3) is 5.56 Å². The first-order chi connectivity index (χ1) is 11.2. The average molecular weight is 320 g/mol. The van der Waals surface area contributed by atoms with Crippen LogP contribution < -0.4 is 16.2 Å². The molecule has 1 fully saturated rings. The number of carbonyl (C=O) groups is 1. The number of urea groups is 1. The van der Waals surface area contributed by atoms with Crippen LogP contribution in [0.3, 0.4) is 0 Å². The van der Waals surface area contributed by atoms with Crippen LogP contribution in [0.25, 0.3) is 0 Å². The Hall–Kier alpha value is -1.89. The van der Waals surface area contributed by atoms with Crippen molar-refractivity contribution in [3.63, 3.8) is 0 Å². The van der Waals surface area contributed by atoms with Gasteiger partial charge in [0.15, 0.2) is 0 Å². The highest BCUT2D eigenvalue weighted by Crippen LogP contribution is 2.16. The maximum atomic E-state index is 12.0. The molecule has 0 bridgehead atoms. The van der Waals surface area contributed by atoms with Crippen molar-refractivity contribution in [3.8, 4) is 0 Å². The molecule has 2 heterocycles. The van der Waals surface area contributed by atoms with Crippen molar-refractivity contribution in [1.29, 1.82) is 0 Å². The molecule has 1 unspecified atom stereocenters. The molecule has 0 saturated carbocycles. The second-order valence-electron chi connectivity index (χ2n) is 6.16. The minimum absolute atomic E-state index is 0.0905. The van der Waals surface area contributed by atoms with Gasteiger partial charge in [0.2, 0.25) is 0 Å². The Morgan fingerprint density at radius 2 is 2.17 bits per heavy atom. The first-order valence-electron chi connectivity index (χ1n) is 8.45. The topological polar surface area (TPSA) is 85.2 Å². The summed E-state index contributed by atoms with van der Waals surface area (Å²) in [5.41, 5.74) is 2.02. The first-order valence-corrected chi connectivity index (χ1v) is 8.45. The predicted molar refractivity (Wildman–Crippen MR) is 85.5 cm³/mol. The smallest absolute Gasteiger partial charge is 0.314 e. The number of carbonyl (C=O) groups excluding carboxylic acids is 1. The number of fused-ring (bicyclic) bond motifs is 1. The zero-order chi connectivity index (χ0) is 16.1. The SMILES string of the molecule is O=C(NCCn1nc2c(cc1=O)CCCC2)NCC1CCCO1.